The Morgan fingerprint density at radius 3 is 3.25 bits per heavy atom. The van der Waals surface area contributed by atoms with Crippen molar-refractivity contribution in [3.8, 4) is 0 Å². The molecule has 0 saturated carbocycles. The Labute approximate surface area is 99.4 Å². The molecule has 1 aliphatic rings. The third kappa shape index (κ3) is 2.93. The molecule has 1 aromatic heterocycles. The van der Waals surface area contributed by atoms with E-state index in [1.54, 1.807) is 18.3 Å². The molecule has 4 nitrogen and oxygen atoms in total. The van der Waals surface area contributed by atoms with E-state index >= 15 is 0 Å². The van der Waals surface area contributed by atoms with Crippen LogP contribution in [0.2, 0.25) is 5.02 Å². The third-order valence-electron chi connectivity index (χ3n) is 2.65. The molecule has 16 heavy (non-hydrogen) atoms. The van der Waals surface area contributed by atoms with E-state index in [-0.39, 0.29) is 5.91 Å². The van der Waals surface area contributed by atoms with Gasteiger partial charge in [-0.25, -0.2) is 4.98 Å². The number of pyridine rings is 1. The van der Waals surface area contributed by atoms with Gasteiger partial charge in [0.05, 0.1) is 5.02 Å². The van der Waals surface area contributed by atoms with Crippen molar-refractivity contribution >= 4 is 23.3 Å². The predicted octanol–water partition coefficient (Wildman–Crippen LogP) is 1.67. The molecular formula is C11H14ClN3O. The lowest BCUT2D eigenvalue weighted by molar-refractivity contribution is -0.117. The minimum absolute atomic E-state index is 0.0192. The van der Waals surface area contributed by atoms with E-state index in [9.17, 15) is 4.79 Å². The second-order valence-electron chi connectivity index (χ2n) is 3.94. The molecule has 2 rings (SSSR count). The maximum atomic E-state index is 11.7. The highest BCUT2D eigenvalue weighted by Gasteiger charge is 2.18. The molecule has 1 aliphatic heterocycles. The van der Waals surface area contributed by atoms with E-state index in [1.807, 2.05) is 0 Å². The van der Waals surface area contributed by atoms with E-state index in [0.717, 1.165) is 19.5 Å². The van der Waals surface area contributed by atoms with Gasteiger partial charge in [0, 0.05) is 12.6 Å². The number of carbonyl (C=O) groups excluding carboxylic acids is 1. The van der Waals surface area contributed by atoms with Gasteiger partial charge in [0.25, 0.3) is 0 Å². The Hall–Kier alpha value is -1.13. The summed E-state index contributed by atoms with van der Waals surface area (Å²) >= 11 is 5.90. The van der Waals surface area contributed by atoms with Crippen molar-refractivity contribution in [3.63, 3.8) is 0 Å². The van der Waals surface area contributed by atoms with Gasteiger partial charge in [-0.15, -0.1) is 0 Å². The molecule has 1 saturated heterocycles. The first kappa shape index (κ1) is 11.4. The minimum atomic E-state index is -0.0192. The van der Waals surface area contributed by atoms with Crippen LogP contribution in [0, 0.1) is 5.92 Å². The number of hydrogen-bond donors (Lipinski definition) is 2. The van der Waals surface area contributed by atoms with Gasteiger partial charge >= 0.3 is 0 Å². The topological polar surface area (TPSA) is 54.0 Å². The normalized spacial score (nSPS) is 19.7. The maximum Gasteiger partial charge on any atom is 0.225 e. The number of halogens is 1. The zero-order chi connectivity index (χ0) is 11.4. The van der Waals surface area contributed by atoms with Crippen molar-refractivity contribution in [1.29, 1.82) is 0 Å². The number of rotatable bonds is 3. The van der Waals surface area contributed by atoms with Crippen molar-refractivity contribution in [2.75, 3.05) is 18.4 Å². The van der Waals surface area contributed by atoms with Crippen LogP contribution in [0.1, 0.15) is 12.8 Å². The Morgan fingerprint density at radius 1 is 1.69 bits per heavy atom. The number of nitrogens with one attached hydrogen (secondary N) is 2. The van der Waals surface area contributed by atoms with Crippen molar-refractivity contribution < 1.29 is 4.79 Å². The first-order valence-corrected chi connectivity index (χ1v) is 5.74. The van der Waals surface area contributed by atoms with Crippen LogP contribution in [-0.2, 0) is 4.79 Å². The highest BCUT2D eigenvalue weighted by atomic mass is 35.5. The number of carbonyl (C=O) groups is 1. The van der Waals surface area contributed by atoms with Crippen LogP contribution in [0.15, 0.2) is 18.3 Å². The molecule has 1 unspecified atom stereocenters. The average molecular weight is 240 g/mol. The molecule has 0 radical (unpaired) electrons. The number of amides is 1. The third-order valence-corrected chi connectivity index (χ3v) is 2.96. The highest BCUT2D eigenvalue weighted by Crippen LogP contribution is 2.19. The summed E-state index contributed by atoms with van der Waals surface area (Å²) < 4.78 is 0. The van der Waals surface area contributed by atoms with E-state index in [1.165, 1.54) is 0 Å². The second-order valence-corrected chi connectivity index (χ2v) is 4.35. The summed E-state index contributed by atoms with van der Waals surface area (Å²) in [7, 11) is 0. The van der Waals surface area contributed by atoms with Crippen molar-refractivity contribution in [2.45, 2.75) is 12.8 Å². The molecule has 1 aromatic rings. The van der Waals surface area contributed by atoms with Gasteiger partial charge in [-0.3, -0.25) is 4.79 Å². The first-order chi connectivity index (χ1) is 7.75. The van der Waals surface area contributed by atoms with Crippen molar-refractivity contribution in [1.82, 2.24) is 10.3 Å². The number of anilines is 1. The summed E-state index contributed by atoms with van der Waals surface area (Å²) in [5, 5.41) is 6.43. The Bertz CT molecular complexity index is 377. The standard InChI is InChI=1S/C11H14ClN3O/c12-9-2-1-4-14-11(9)15-10(16)6-8-3-5-13-7-8/h1-2,4,8,13H,3,5-7H2,(H,14,15,16). The molecule has 0 aromatic carbocycles. The van der Waals surface area contributed by atoms with Gasteiger partial charge < -0.3 is 10.6 Å². The van der Waals surface area contributed by atoms with Crippen LogP contribution in [0.25, 0.3) is 0 Å². The molecule has 0 bridgehead atoms. The SMILES string of the molecule is O=C(CC1CCNC1)Nc1ncccc1Cl. The smallest absolute Gasteiger partial charge is 0.225 e. The van der Waals surface area contributed by atoms with Gasteiger partial charge in [0.1, 0.15) is 0 Å². The van der Waals surface area contributed by atoms with E-state index in [0.29, 0.717) is 23.2 Å². The molecule has 1 atom stereocenters. The van der Waals surface area contributed by atoms with Gasteiger partial charge in [-0.05, 0) is 37.6 Å². The molecular weight excluding hydrogens is 226 g/mol. The minimum Gasteiger partial charge on any atom is -0.316 e. The fraction of sp³-hybridized carbons (Fsp3) is 0.455. The van der Waals surface area contributed by atoms with Crippen LogP contribution in [0.3, 0.4) is 0 Å². The number of aromatic nitrogens is 1. The summed E-state index contributed by atoms with van der Waals surface area (Å²) in [6.45, 7) is 1.92. The molecule has 86 valence electrons. The fourth-order valence-electron chi connectivity index (χ4n) is 1.81. The maximum absolute atomic E-state index is 11.7. The van der Waals surface area contributed by atoms with Crippen LogP contribution in [0.5, 0.6) is 0 Å². The second kappa shape index (κ2) is 5.27. The van der Waals surface area contributed by atoms with E-state index in [2.05, 4.69) is 15.6 Å². The fourth-order valence-corrected chi connectivity index (χ4v) is 1.98. The zero-order valence-electron chi connectivity index (χ0n) is 8.87. The van der Waals surface area contributed by atoms with E-state index in [4.69, 9.17) is 11.6 Å². The lowest BCUT2D eigenvalue weighted by atomic mass is 10.0. The number of nitrogens with zero attached hydrogens (tertiary/aromatic N) is 1. The van der Waals surface area contributed by atoms with Crippen LogP contribution in [0.4, 0.5) is 5.82 Å². The number of hydrogen-bond acceptors (Lipinski definition) is 3. The van der Waals surface area contributed by atoms with Gasteiger partial charge in [-0.2, -0.15) is 0 Å². The summed E-state index contributed by atoms with van der Waals surface area (Å²) in [5.41, 5.74) is 0. The predicted molar refractivity (Wildman–Crippen MR) is 63.5 cm³/mol. The molecule has 1 fully saturated rings. The summed E-state index contributed by atoms with van der Waals surface area (Å²) in [6.07, 6.45) is 3.20. The first-order valence-electron chi connectivity index (χ1n) is 5.37. The lowest BCUT2D eigenvalue weighted by Crippen LogP contribution is -2.19. The molecule has 2 heterocycles. The lowest BCUT2D eigenvalue weighted by Gasteiger charge is -2.09. The molecule has 0 spiro atoms. The molecule has 0 aliphatic carbocycles. The monoisotopic (exact) mass is 239 g/mol. The Balaban J connectivity index is 1.89. The van der Waals surface area contributed by atoms with Gasteiger partial charge in [0.2, 0.25) is 5.91 Å². The van der Waals surface area contributed by atoms with Gasteiger partial charge in [-0.1, -0.05) is 11.6 Å². The quantitative estimate of drug-likeness (QED) is 0.844. The van der Waals surface area contributed by atoms with Crippen molar-refractivity contribution in [3.05, 3.63) is 23.4 Å². The van der Waals surface area contributed by atoms with E-state index < -0.39 is 0 Å². The summed E-state index contributed by atoms with van der Waals surface area (Å²) in [4.78, 5) is 15.7. The largest absolute Gasteiger partial charge is 0.316 e. The Kier molecular flexibility index (Phi) is 3.74. The zero-order valence-corrected chi connectivity index (χ0v) is 9.63. The molecule has 2 N–H and O–H groups in total. The summed E-state index contributed by atoms with van der Waals surface area (Å²) in [5.74, 6) is 0.858. The average Bonchev–Trinajstić information content (AvgIpc) is 2.74. The van der Waals surface area contributed by atoms with Crippen LogP contribution in [-0.4, -0.2) is 24.0 Å². The Morgan fingerprint density at radius 2 is 2.56 bits per heavy atom. The van der Waals surface area contributed by atoms with Crippen LogP contribution < -0.4 is 10.6 Å². The van der Waals surface area contributed by atoms with Crippen molar-refractivity contribution in [2.24, 2.45) is 5.92 Å². The van der Waals surface area contributed by atoms with Gasteiger partial charge in [0.15, 0.2) is 5.82 Å². The summed E-state index contributed by atoms with van der Waals surface area (Å²) in [6, 6.07) is 3.44. The highest BCUT2D eigenvalue weighted by molar-refractivity contribution is 6.33. The molecule has 5 heteroatoms. The van der Waals surface area contributed by atoms with Crippen LogP contribution >= 0.6 is 11.6 Å². The molecule has 1 amide bonds.